The number of fused-ring (bicyclic) bond motifs is 2. The van der Waals surface area contributed by atoms with Crippen molar-refractivity contribution in [2.24, 2.45) is 5.73 Å². The molecule has 8 rings (SSSR count). The molecule has 4 aliphatic rings. The van der Waals surface area contributed by atoms with E-state index in [-0.39, 0.29) is 55.3 Å². The molecule has 4 aromatic rings. The minimum atomic E-state index is -4.67. The Morgan fingerprint density at radius 3 is 1.51 bits per heavy atom. The number of amides is 3. The van der Waals surface area contributed by atoms with Crippen molar-refractivity contribution in [3.05, 3.63) is 93.0 Å². The molecule has 2 aromatic heterocycles. The van der Waals surface area contributed by atoms with Crippen LogP contribution in [0.15, 0.2) is 48.5 Å². The molecule has 0 atom stereocenters. The first-order valence-corrected chi connectivity index (χ1v) is 22.1. The summed E-state index contributed by atoms with van der Waals surface area (Å²) < 4.78 is 85.8. The molecule has 22 heteroatoms. The molecular formula is C43H50Cl2F6N10O4. The van der Waals surface area contributed by atoms with E-state index in [1.807, 2.05) is 42.5 Å². The van der Waals surface area contributed by atoms with Crippen LogP contribution in [-0.4, -0.2) is 101 Å². The number of carbonyl (C=O) groups is 3. The summed E-state index contributed by atoms with van der Waals surface area (Å²) in [5.74, 6) is -3.83. The van der Waals surface area contributed by atoms with Gasteiger partial charge in [0.1, 0.15) is 5.60 Å². The maximum Gasteiger partial charge on any atom is 0.451 e. The first kappa shape index (κ1) is 48.0. The van der Waals surface area contributed by atoms with Gasteiger partial charge in [0.05, 0.1) is 0 Å². The number of aromatic nitrogens is 6. The number of alkyl carbamates (subject to hydrolysis) is 1. The summed E-state index contributed by atoms with van der Waals surface area (Å²) in [5, 5.41) is 17.6. The summed E-state index contributed by atoms with van der Waals surface area (Å²) in [4.78, 5) is 41.4. The average Bonchev–Trinajstić information content (AvgIpc) is 3.90. The molecule has 14 nitrogen and oxygen atoms in total. The smallest absolute Gasteiger partial charge is 0.444 e. The summed E-state index contributed by atoms with van der Waals surface area (Å²) in [6.45, 7) is 6.55. The number of hydrogen-bond acceptors (Lipinski definition) is 9. The summed E-state index contributed by atoms with van der Waals surface area (Å²) in [6, 6.07) is 14.9. The first-order chi connectivity index (χ1) is 30.5. The minimum Gasteiger partial charge on any atom is -0.444 e. The third-order valence-electron chi connectivity index (χ3n) is 13.0. The van der Waals surface area contributed by atoms with E-state index in [0.717, 1.165) is 45.9 Å². The molecule has 3 amide bonds. The molecule has 0 unspecified atom stereocenters. The zero-order valence-corrected chi connectivity index (χ0v) is 37.5. The molecule has 2 aliphatic heterocycles. The van der Waals surface area contributed by atoms with Crippen molar-refractivity contribution in [2.45, 2.75) is 126 Å². The van der Waals surface area contributed by atoms with Crippen LogP contribution < -0.4 is 11.1 Å². The molecule has 0 radical (unpaired) electrons. The van der Waals surface area contributed by atoms with Gasteiger partial charge in [0.15, 0.2) is 0 Å². The number of benzene rings is 2. The Morgan fingerprint density at radius 2 is 1.12 bits per heavy atom. The molecular weight excluding hydrogens is 905 g/mol. The maximum atomic E-state index is 13.2. The Morgan fingerprint density at radius 1 is 0.708 bits per heavy atom. The van der Waals surface area contributed by atoms with E-state index in [9.17, 15) is 40.7 Å². The lowest BCUT2D eigenvalue weighted by molar-refractivity contribution is -0.148. The van der Waals surface area contributed by atoms with E-state index >= 15 is 0 Å². The maximum absolute atomic E-state index is 13.2. The van der Waals surface area contributed by atoms with E-state index < -0.39 is 52.9 Å². The van der Waals surface area contributed by atoms with Crippen LogP contribution in [0, 0.1) is 0 Å². The quantitative estimate of drug-likeness (QED) is 0.174. The highest BCUT2D eigenvalue weighted by Crippen LogP contribution is 2.44. The number of nitrogens with one attached hydrogen (secondary N) is 1. The Bertz CT molecular complexity index is 2380. The molecule has 2 saturated carbocycles. The molecule has 3 N–H and O–H groups in total. The number of rotatable bonds is 7. The van der Waals surface area contributed by atoms with Crippen LogP contribution in [0.4, 0.5) is 31.1 Å². The molecule has 352 valence electrons. The van der Waals surface area contributed by atoms with Crippen LogP contribution in [0.25, 0.3) is 0 Å². The monoisotopic (exact) mass is 954 g/mol. The van der Waals surface area contributed by atoms with Crippen LogP contribution in [-0.2, 0) is 41.0 Å². The normalized spacial score (nSPS) is 23.9. The predicted molar refractivity (Wildman–Crippen MR) is 226 cm³/mol. The average molecular weight is 956 g/mol. The van der Waals surface area contributed by atoms with Gasteiger partial charge in [0.25, 0.3) is 11.8 Å². The molecule has 2 aromatic carbocycles. The summed E-state index contributed by atoms with van der Waals surface area (Å²) in [7, 11) is 0. The molecule has 2 fully saturated rings. The van der Waals surface area contributed by atoms with E-state index in [4.69, 9.17) is 33.7 Å². The van der Waals surface area contributed by atoms with Gasteiger partial charge < -0.3 is 25.6 Å². The third kappa shape index (κ3) is 10.2. The van der Waals surface area contributed by atoms with Crippen LogP contribution in [0.1, 0.15) is 116 Å². The first-order valence-electron chi connectivity index (χ1n) is 21.4. The third-order valence-corrected chi connectivity index (χ3v) is 13.5. The van der Waals surface area contributed by atoms with E-state index in [1.54, 1.807) is 36.6 Å². The Labute approximate surface area is 381 Å². The van der Waals surface area contributed by atoms with Gasteiger partial charge in [-0.15, -0.1) is 20.4 Å². The number of nitrogens with two attached hydrogens (primary N) is 1. The lowest BCUT2D eigenvalue weighted by atomic mass is 9.67. The molecule has 4 heterocycles. The van der Waals surface area contributed by atoms with Crippen molar-refractivity contribution in [2.75, 3.05) is 26.2 Å². The second-order valence-corrected chi connectivity index (χ2v) is 19.0. The number of ether oxygens (including phenoxy) is 1. The van der Waals surface area contributed by atoms with Gasteiger partial charge >= 0.3 is 18.4 Å². The predicted octanol–water partition coefficient (Wildman–Crippen LogP) is 8.06. The molecule has 0 bridgehead atoms. The fourth-order valence-corrected chi connectivity index (χ4v) is 10.0. The number of alkyl halides is 6. The summed E-state index contributed by atoms with van der Waals surface area (Å²) >= 11 is 12.4. The highest BCUT2D eigenvalue weighted by Gasteiger charge is 2.47. The standard InChI is InChI=1S/C24H29ClF3N5O3.C19H21ClF3N5O/c1-22(2,3)36-21(35)29-14-23(15-5-4-6-16(25)13-15)9-7-17(8-10-23)32-11-12-33-18(19(32)34)30-31-20(33)24(26,27)28;20-13-3-1-2-12(10-13)18(11-24)6-4-14(5-7-18)27-8-9-28-15(16(27)29)25-26-17(28)19(21,22)23/h4-6,13,17H,7-12,14H2,1-3H3,(H,29,35);1-3,10,14H,4-9,11,24H2. The lowest BCUT2D eigenvalue weighted by Crippen LogP contribution is -2.52. The van der Waals surface area contributed by atoms with Crippen molar-refractivity contribution < 1.29 is 45.5 Å². The van der Waals surface area contributed by atoms with Crippen molar-refractivity contribution in [3.8, 4) is 0 Å². The van der Waals surface area contributed by atoms with Gasteiger partial charge in [-0.25, -0.2) is 4.79 Å². The summed E-state index contributed by atoms with van der Waals surface area (Å²) in [6.07, 6.45) is -4.34. The zero-order chi connectivity index (χ0) is 47.1. The number of nitrogens with zero attached hydrogens (tertiary/aromatic N) is 8. The Kier molecular flexibility index (Phi) is 13.6. The summed E-state index contributed by atoms with van der Waals surface area (Å²) in [5.41, 5.74) is 6.92. The molecule has 65 heavy (non-hydrogen) atoms. The second kappa shape index (κ2) is 18.4. The second-order valence-electron chi connectivity index (χ2n) is 18.1. The van der Waals surface area contributed by atoms with E-state index in [1.165, 1.54) is 0 Å². The van der Waals surface area contributed by atoms with Gasteiger partial charge in [-0.2, -0.15) is 26.3 Å². The largest absolute Gasteiger partial charge is 0.451 e. The van der Waals surface area contributed by atoms with Gasteiger partial charge in [-0.1, -0.05) is 47.5 Å². The number of halogens is 8. The number of hydrogen-bond donors (Lipinski definition) is 2. The van der Waals surface area contributed by atoms with Gasteiger partial charge in [0.2, 0.25) is 23.3 Å². The van der Waals surface area contributed by atoms with Crippen LogP contribution in [0.5, 0.6) is 0 Å². The van der Waals surface area contributed by atoms with E-state index in [2.05, 4.69) is 25.7 Å². The van der Waals surface area contributed by atoms with Crippen LogP contribution in [0.2, 0.25) is 10.0 Å². The van der Waals surface area contributed by atoms with E-state index in [0.29, 0.717) is 48.8 Å². The van der Waals surface area contributed by atoms with Crippen LogP contribution in [0.3, 0.4) is 0 Å². The van der Waals surface area contributed by atoms with Crippen molar-refractivity contribution in [3.63, 3.8) is 0 Å². The van der Waals surface area contributed by atoms with Crippen molar-refractivity contribution in [1.82, 2.24) is 44.6 Å². The lowest BCUT2D eigenvalue weighted by Gasteiger charge is -2.45. The Balaban J connectivity index is 0.000000198. The van der Waals surface area contributed by atoms with Gasteiger partial charge in [-0.3, -0.25) is 18.7 Å². The highest BCUT2D eigenvalue weighted by molar-refractivity contribution is 6.30. The van der Waals surface area contributed by atoms with Crippen molar-refractivity contribution in [1.29, 1.82) is 0 Å². The highest BCUT2D eigenvalue weighted by atomic mass is 35.5. The number of carbonyl (C=O) groups excluding carboxylic acids is 3. The minimum absolute atomic E-state index is 0.0148. The van der Waals surface area contributed by atoms with Crippen molar-refractivity contribution >= 4 is 41.1 Å². The SMILES string of the molecule is CC(C)(C)OC(=O)NCC1(c2cccc(Cl)c2)CCC(N2CCn3c(nnc3C(F)(F)F)C2=O)CC1.NCC1(c2cccc(Cl)c2)CCC(N2CCn3c(nnc3C(F)(F)F)C2=O)CC1. The van der Waals surface area contributed by atoms with Gasteiger partial charge in [-0.05, 0) is 108 Å². The zero-order valence-electron chi connectivity index (χ0n) is 36.0. The van der Waals surface area contributed by atoms with Gasteiger partial charge in [0, 0.05) is 72.2 Å². The van der Waals surface area contributed by atoms with Crippen LogP contribution >= 0.6 is 23.2 Å². The fourth-order valence-electron chi connectivity index (χ4n) is 9.64. The molecule has 0 saturated heterocycles. The Hall–Kier alpha value is -4.95. The molecule has 0 spiro atoms. The topological polar surface area (TPSA) is 166 Å². The fraction of sp³-hybridized carbons (Fsp3) is 0.558. The molecule has 2 aliphatic carbocycles.